The van der Waals surface area contributed by atoms with Crippen LogP contribution in [0.15, 0.2) is 24.3 Å². The van der Waals surface area contributed by atoms with Crippen molar-refractivity contribution in [3.63, 3.8) is 0 Å². The van der Waals surface area contributed by atoms with Crippen LogP contribution in [-0.2, 0) is 0 Å². The fourth-order valence-corrected chi connectivity index (χ4v) is 3.28. The molecule has 0 radical (unpaired) electrons. The molecule has 4 nitrogen and oxygen atoms in total. The molecule has 0 aliphatic carbocycles. The van der Waals surface area contributed by atoms with E-state index in [2.05, 4.69) is 19.2 Å². The third-order valence-corrected chi connectivity index (χ3v) is 4.38. The van der Waals surface area contributed by atoms with Gasteiger partial charge in [0.1, 0.15) is 5.75 Å². The van der Waals surface area contributed by atoms with Crippen LogP contribution in [0.1, 0.15) is 35.7 Å². The van der Waals surface area contributed by atoms with E-state index in [1.165, 1.54) is 18.4 Å². The van der Waals surface area contributed by atoms with Crippen LogP contribution in [0.3, 0.4) is 0 Å². The topological polar surface area (TPSA) is 47.0 Å². The number of aromatic nitrogens is 2. The van der Waals surface area contributed by atoms with E-state index in [0.717, 1.165) is 41.6 Å². The van der Waals surface area contributed by atoms with E-state index in [0.29, 0.717) is 5.92 Å². The van der Waals surface area contributed by atoms with E-state index in [-0.39, 0.29) is 0 Å². The summed E-state index contributed by atoms with van der Waals surface area (Å²) in [6.07, 6.45) is 2.45. The van der Waals surface area contributed by atoms with Crippen molar-refractivity contribution in [3.05, 3.63) is 41.2 Å². The third kappa shape index (κ3) is 2.97. The maximum atomic E-state index is 5.20. The lowest BCUT2D eigenvalue weighted by atomic mass is 9.89. The molecule has 1 unspecified atom stereocenters. The van der Waals surface area contributed by atoms with Gasteiger partial charge in [0.2, 0.25) is 0 Å². The zero-order valence-electron chi connectivity index (χ0n) is 13.5. The summed E-state index contributed by atoms with van der Waals surface area (Å²) < 4.78 is 5.20. The van der Waals surface area contributed by atoms with Crippen LogP contribution in [0, 0.1) is 13.8 Å². The lowest BCUT2D eigenvalue weighted by Crippen LogP contribution is -2.29. The summed E-state index contributed by atoms with van der Waals surface area (Å²) in [4.78, 5) is 9.51. The molecule has 3 rings (SSSR count). The van der Waals surface area contributed by atoms with Crippen molar-refractivity contribution in [1.82, 2.24) is 15.3 Å². The molecule has 1 atom stereocenters. The third-order valence-electron chi connectivity index (χ3n) is 4.38. The van der Waals surface area contributed by atoms with Crippen molar-refractivity contribution in [2.75, 3.05) is 20.2 Å². The van der Waals surface area contributed by atoms with E-state index in [9.17, 15) is 0 Å². The molecule has 1 aliphatic rings. The van der Waals surface area contributed by atoms with Gasteiger partial charge < -0.3 is 10.1 Å². The van der Waals surface area contributed by atoms with Crippen LogP contribution in [0.25, 0.3) is 11.4 Å². The van der Waals surface area contributed by atoms with Gasteiger partial charge in [-0.2, -0.15) is 0 Å². The number of aryl methyl sites for hydroxylation is 2. The van der Waals surface area contributed by atoms with E-state index in [4.69, 9.17) is 14.7 Å². The van der Waals surface area contributed by atoms with Crippen molar-refractivity contribution < 1.29 is 4.74 Å². The highest BCUT2D eigenvalue weighted by Gasteiger charge is 2.21. The van der Waals surface area contributed by atoms with E-state index in [1.54, 1.807) is 7.11 Å². The summed E-state index contributed by atoms with van der Waals surface area (Å²) in [5, 5.41) is 3.48. The maximum Gasteiger partial charge on any atom is 0.159 e. The Bertz CT molecular complexity index is 623. The maximum absolute atomic E-state index is 5.20. The quantitative estimate of drug-likeness (QED) is 0.945. The molecule has 4 heteroatoms. The Kier molecular flexibility index (Phi) is 4.39. The predicted octanol–water partition coefficient (Wildman–Crippen LogP) is 3.24. The fraction of sp³-hybridized carbons (Fsp3) is 0.444. The number of piperidine rings is 1. The van der Waals surface area contributed by atoms with Crippen molar-refractivity contribution in [2.24, 2.45) is 0 Å². The van der Waals surface area contributed by atoms with Crippen LogP contribution in [-0.4, -0.2) is 30.2 Å². The summed E-state index contributed by atoms with van der Waals surface area (Å²) in [7, 11) is 1.67. The number of hydrogen-bond acceptors (Lipinski definition) is 4. The highest BCUT2D eigenvalue weighted by molar-refractivity contribution is 5.57. The van der Waals surface area contributed by atoms with Crippen molar-refractivity contribution >= 4 is 0 Å². The Morgan fingerprint density at radius 2 is 1.77 bits per heavy atom. The van der Waals surface area contributed by atoms with Gasteiger partial charge in [0.15, 0.2) is 5.82 Å². The number of rotatable bonds is 3. The molecule has 1 fully saturated rings. The molecule has 22 heavy (non-hydrogen) atoms. The lowest BCUT2D eigenvalue weighted by molar-refractivity contribution is 0.415. The zero-order chi connectivity index (χ0) is 15.5. The molecule has 0 amide bonds. The fourth-order valence-electron chi connectivity index (χ4n) is 3.28. The van der Waals surface area contributed by atoms with Gasteiger partial charge in [-0.15, -0.1) is 0 Å². The number of nitrogens with zero attached hydrogens (tertiary/aromatic N) is 2. The Balaban J connectivity index is 1.93. The minimum absolute atomic E-state index is 0.540. The smallest absolute Gasteiger partial charge is 0.159 e. The van der Waals surface area contributed by atoms with Gasteiger partial charge in [0, 0.05) is 23.5 Å². The van der Waals surface area contributed by atoms with Crippen LogP contribution in [0.4, 0.5) is 0 Å². The summed E-state index contributed by atoms with van der Waals surface area (Å²) in [6, 6.07) is 7.91. The van der Waals surface area contributed by atoms with Gasteiger partial charge in [0.05, 0.1) is 7.11 Å². The molecular weight excluding hydrogens is 274 g/mol. The highest BCUT2D eigenvalue weighted by Crippen LogP contribution is 2.29. The second-order valence-electron chi connectivity index (χ2n) is 5.90. The first-order valence-electron chi connectivity index (χ1n) is 7.89. The average molecular weight is 297 g/mol. The molecule has 2 aromatic rings. The molecule has 0 saturated carbocycles. The standard InChI is InChI=1S/C18H23N3O/c1-12-17(15-5-4-10-19-11-15)13(2)21-18(20-12)14-6-8-16(22-3)9-7-14/h6-9,15,19H,4-5,10-11H2,1-3H3. The van der Waals surface area contributed by atoms with Crippen LogP contribution < -0.4 is 10.1 Å². The van der Waals surface area contributed by atoms with Crippen molar-refractivity contribution in [2.45, 2.75) is 32.6 Å². The molecule has 2 heterocycles. The Morgan fingerprint density at radius 1 is 1.09 bits per heavy atom. The van der Waals surface area contributed by atoms with Gasteiger partial charge in [-0.25, -0.2) is 9.97 Å². The van der Waals surface area contributed by atoms with Crippen LogP contribution in [0.5, 0.6) is 5.75 Å². The minimum atomic E-state index is 0.540. The average Bonchev–Trinajstić information content (AvgIpc) is 2.55. The number of nitrogens with one attached hydrogen (secondary N) is 1. The molecule has 1 aromatic carbocycles. The molecular formula is C18H23N3O. The second-order valence-corrected chi connectivity index (χ2v) is 5.90. The van der Waals surface area contributed by atoms with Crippen molar-refractivity contribution in [1.29, 1.82) is 0 Å². The largest absolute Gasteiger partial charge is 0.497 e. The molecule has 0 spiro atoms. The Morgan fingerprint density at radius 3 is 2.32 bits per heavy atom. The SMILES string of the molecule is COc1ccc(-c2nc(C)c(C3CCCNC3)c(C)n2)cc1. The van der Waals surface area contributed by atoms with Gasteiger partial charge in [0.25, 0.3) is 0 Å². The highest BCUT2D eigenvalue weighted by atomic mass is 16.5. The van der Waals surface area contributed by atoms with Gasteiger partial charge in [-0.3, -0.25) is 0 Å². The molecule has 1 N–H and O–H groups in total. The first kappa shape index (κ1) is 15.0. The predicted molar refractivity (Wildman–Crippen MR) is 88.3 cm³/mol. The molecule has 116 valence electrons. The number of methoxy groups -OCH3 is 1. The van der Waals surface area contributed by atoms with Crippen molar-refractivity contribution in [3.8, 4) is 17.1 Å². The number of hydrogen-bond donors (Lipinski definition) is 1. The second kappa shape index (κ2) is 6.44. The van der Waals surface area contributed by atoms with Crippen LogP contribution in [0.2, 0.25) is 0 Å². The summed E-state index contributed by atoms with van der Waals surface area (Å²) in [5.41, 5.74) is 4.56. The van der Waals surface area contributed by atoms with Gasteiger partial charge in [-0.05, 0) is 69.0 Å². The lowest BCUT2D eigenvalue weighted by Gasteiger charge is -2.25. The van der Waals surface area contributed by atoms with E-state index >= 15 is 0 Å². The van der Waals surface area contributed by atoms with E-state index in [1.807, 2.05) is 24.3 Å². The van der Waals surface area contributed by atoms with Crippen LogP contribution >= 0.6 is 0 Å². The zero-order valence-corrected chi connectivity index (χ0v) is 13.5. The number of benzene rings is 1. The monoisotopic (exact) mass is 297 g/mol. The Labute approximate surface area is 132 Å². The summed E-state index contributed by atoms with van der Waals surface area (Å²) in [5.74, 6) is 2.19. The minimum Gasteiger partial charge on any atom is -0.497 e. The first-order valence-corrected chi connectivity index (χ1v) is 7.89. The Hall–Kier alpha value is -1.94. The molecule has 1 aliphatic heterocycles. The molecule has 1 aromatic heterocycles. The summed E-state index contributed by atoms with van der Waals surface area (Å²) >= 11 is 0. The molecule has 0 bridgehead atoms. The van der Waals surface area contributed by atoms with E-state index < -0.39 is 0 Å². The molecule has 1 saturated heterocycles. The number of ether oxygens (including phenoxy) is 1. The van der Waals surface area contributed by atoms with Gasteiger partial charge in [-0.1, -0.05) is 0 Å². The first-order chi connectivity index (χ1) is 10.7. The summed E-state index contributed by atoms with van der Waals surface area (Å²) in [6.45, 7) is 6.36. The van der Waals surface area contributed by atoms with Gasteiger partial charge >= 0.3 is 0 Å². The normalized spacial score (nSPS) is 18.2.